The molecule has 1 amide bonds. The molecule has 0 atom stereocenters. The topological polar surface area (TPSA) is 26.8 Å². The van der Waals surface area contributed by atoms with Crippen molar-refractivity contribution in [1.82, 2.24) is 14.7 Å². The second-order valence-corrected chi connectivity index (χ2v) is 7.64. The van der Waals surface area contributed by atoms with Crippen molar-refractivity contribution in [3.63, 3.8) is 0 Å². The number of hydrogen-bond acceptors (Lipinski definition) is 3. The van der Waals surface area contributed by atoms with Crippen LogP contribution in [0, 0.1) is 3.57 Å². The normalized spacial score (nSPS) is 16.5. The van der Waals surface area contributed by atoms with Crippen LogP contribution in [-0.2, 0) is 0 Å². The van der Waals surface area contributed by atoms with Gasteiger partial charge in [-0.3, -0.25) is 9.69 Å². The van der Waals surface area contributed by atoms with Gasteiger partial charge in [0.2, 0.25) is 0 Å². The minimum Gasteiger partial charge on any atom is -0.336 e. The third-order valence-electron chi connectivity index (χ3n) is 3.68. The highest BCUT2D eigenvalue weighted by molar-refractivity contribution is 14.1. The minimum atomic E-state index is 0.146. The van der Waals surface area contributed by atoms with Crippen LogP contribution in [0.5, 0.6) is 0 Å². The molecule has 1 aliphatic heterocycles. The van der Waals surface area contributed by atoms with Crippen molar-refractivity contribution in [2.75, 3.05) is 53.4 Å². The van der Waals surface area contributed by atoms with Crippen LogP contribution in [0.2, 0.25) is 0 Å². The predicted molar refractivity (Wildman–Crippen MR) is 97.8 cm³/mol. The van der Waals surface area contributed by atoms with Crippen molar-refractivity contribution in [3.8, 4) is 0 Å². The molecule has 0 N–H and O–H groups in total. The summed E-state index contributed by atoms with van der Waals surface area (Å²) in [6, 6.07) is 5.87. The highest BCUT2D eigenvalue weighted by Gasteiger charge is 2.23. The Labute approximate surface area is 148 Å². The summed E-state index contributed by atoms with van der Waals surface area (Å²) in [6.45, 7) is 5.69. The average molecular weight is 466 g/mol. The van der Waals surface area contributed by atoms with Gasteiger partial charge in [-0.2, -0.15) is 0 Å². The van der Waals surface area contributed by atoms with E-state index in [2.05, 4.69) is 62.4 Å². The summed E-state index contributed by atoms with van der Waals surface area (Å²) in [5, 5.41) is 0. The lowest BCUT2D eigenvalue weighted by molar-refractivity contribution is 0.0628. The largest absolute Gasteiger partial charge is 0.336 e. The highest BCUT2D eigenvalue weighted by Crippen LogP contribution is 2.20. The predicted octanol–water partition coefficient (Wildman–Crippen LogP) is 2.37. The van der Waals surface area contributed by atoms with Crippen LogP contribution in [-0.4, -0.2) is 74.0 Å². The Morgan fingerprint density at radius 1 is 1.29 bits per heavy atom. The third kappa shape index (κ3) is 4.91. The zero-order valence-electron chi connectivity index (χ0n) is 12.5. The molecule has 0 spiro atoms. The SMILES string of the molecule is CN(C)CCN1CCN(C(=O)c2cc(Br)ccc2I)CC1. The van der Waals surface area contributed by atoms with E-state index in [-0.39, 0.29) is 5.91 Å². The molecule has 1 fully saturated rings. The quantitative estimate of drug-likeness (QED) is 0.639. The van der Waals surface area contributed by atoms with Crippen molar-refractivity contribution < 1.29 is 4.79 Å². The van der Waals surface area contributed by atoms with E-state index in [1.54, 1.807) is 0 Å². The molecule has 116 valence electrons. The molecule has 6 heteroatoms. The number of nitrogens with zero attached hydrogens (tertiary/aromatic N) is 3. The molecule has 21 heavy (non-hydrogen) atoms. The third-order valence-corrected chi connectivity index (χ3v) is 5.12. The molecular weight excluding hydrogens is 445 g/mol. The summed E-state index contributed by atoms with van der Waals surface area (Å²) in [6.07, 6.45) is 0. The lowest BCUT2D eigenvalue weighted by Gasteiger charge is -2.35. The van der Waals surface area contributed by atoms with Gasteiger partial charge in [0.1, 0.15) is 0 Å². The van der Waals surface area contributed by atoms with Crippen LogP contribution in [0.4, 0.5) is 0 Å². The standard InChI is InChI=1S/C15H21BrIN3O/c1-18(2)5-6-19-7-9-20(10-8-19)15(21)13-11-12(16)3-4-14(13)17/h3-4,11H,5-10H2,1-2H3. The first-order chi connectivity index (χ1) is 9.97. The van der Waals surface area contributed by atoms with Crippen molar-refractivity contribution in [1.29, 1.82) is 0 Å². The van der Waals surface area contributed by atoms with Gasteiger partial charge < -0.3 is 9.80 Å². The van der Waals surface area contributed by atoms with E-state index in [0.717, 1.165) is 52.9 Å². The van der Waals surface area contributed by atoms with Gasteiger partial charge in [0, 0.05) is 47.3 Å². The molecule has 2 rings (SSSR count). The highest BCUT2D eigenvalue weighted by atomic mass is 127. The number of amides is 1. The van der Waals surface area contributed by atoms with E-state index >= 15 is 0 Å². The summed E-state index contributed by atoms with van der Waals surface area (Å²) < 4.78 is 1.96. The number of likely N-dealkylation sites (N-methyl/N-ethyl adjacent to an activating group) is 1. The van der Waals surface area contributed by atoms with Crippen molar-refractivity contribution in [2.24, 2.45) is 0 Å². The zero-order valence-corrected chi connectivity index (χ0v) is 16.2. The van der Waals surface area contributed by atoms with E-state index in [1.165, 1.54) is 0 Å². The Bertz CT molecular complexity index is 502. The first-order valence-electron chi connectivity index (χ1n) is 7.09. The number of carbonyl (C=O) groups is 1. The van der Waals surface area contributed by atoms with Gasteiger partial charge in [0.05, 0.1) is 5.56 Å². The molecule has 0 aliphatic carbocycles. The first-order valence-corrected chi connectivity index (χ1v) is 8.96. The summed E-state index contributed by atoms with van der Waals surface area (Å²) in [5.41, 5.74) is 0.798. The second-order valence-electron chi connectivity index (χ2n) is 5.56. The molecule has 1 aromatic carbocycles. The Morgan fingerprint density at radius 2 is 1.95 bits per heavy atom. The van der Waals surface area contributed by atoms with Gasteiger partial charge in [0.25, 0.3) is 5.91 Å². The van der Waals surface area contributed by atoms with Crippen molar-refractivity contribution >= 4 is 44.4 Å². The number of piperazine rings is 1. The van der Waals surface area contributed by atoms with Crippen LogP contribution < -0.4 is 0 Å². The van der Waals surface area contributed by atoms with Gasteiger partial charge in [0.15, 0.2) is 0 Å². The van der Waals surface area contributed by atoms with Crippen LogP contribution in [0.1, 0.15) is 10.4 Å². The van der Waals surface area contributed by atoms with E-state index in [9.17, 15) is 4.79 Å². The molecule has 1 saturated heterocycles. The number of hydrogen-bond donors (Lipinski definition) is 0. The van der Waals surface area contributed by atoms with Crippen LogP contribution >= 0.6 is 38.5 Å². The molecule has 1 aromatic rings. The Balaban J connectivity index is 1.92. The number of rotatable bonds is 4. The Morgan fingerprint density at radius 3 is 2.57 bits per heavy atom. The van der Waals surface area contributed by atoms with Crippen LogP contribution in [0.15, 0.2) is 22.7 Å². The molecule has 0 bridgehead atoms. The molecule has 1 heterocycles. The summed E-state index contributed by atoms with van der Waals surface area (Å²) in [4.78, 5) is 19.2. The Kier molecular flexibility index (Phi) is 6.46. The van der Waals surface area contributed by atoms with E-state index < -0.39 is 0 Å². The smallest absolute Gasteiger partial charge is 0.255 e. The maximum atomic E-state index is 12.6. The summed E-state index contributed by atoms with van der Waals surface area (Å²) >= 11 is 5.67. The second kappa shape index (κ2) is 7.89. The Hall–Kier alpha value is -0.180. The molecule has 0 aromatic heterocycles. The van der Waals surface area contributed by atoms with Gasteiger partial charge in [-0.15, -0.1) is 0 Å². The first kappa shape index (κ1) is 17.2. The molecule has 1 aliphatic rings. The fourth-order valence-corrected chi connectivity index (χ4v) is 3.28. The summed E-state index contributed by atoms with van der Waals surface area (Å²) in [5.74, 6) is 0.146. The van der Waals surface area contributed by atoms with Gasteiger partial charge in [-0.05, 0) is 54.9 Å². The average Bonchev–Trinajstić information content (AvgIpc) is 2.47. The van der Waals surface area contributed by atoms with E-state index in [4.69, 9.17) is 0 Å². The monoisotopic (exact) mass is 465 g/mol. The maximum absolute atomic E-state index is 12.6. The van der Waals surface area contributed by atoms with Gasteiger partial charge in [-0.25, -0.2) is 0 Å². The maximum Gasteiger partial charge on any atom is 0.255 e. The molecule has 4 nitrogen and oxygen atoms in total. The van der Waals surface area contributed by atoms with Gasteiger partial charge in [-0.1, -0.05) is 15.9 Å². The fraction of sp³-hybridized carbons (Fsp3) is 0.533. The van der Waals surface area contributed by atoms with Crippen LogP contribution in [0.25, 0.3) is 0 Å². The van der Waals surface area contributed by atoms with Gasteiger partial charge >= 0.3 is 0 Å². The lowest BCUT2D eigenvalue weighted by Crippen LogP contribution is -2.50. The molecule has 0 unspecified atom stereocenters. The van der Waals surface area contributed by atoms with Crippen molar-refractivity contribution in [3.05, 3.63) is 31.8 Å². The summed E-state index contributed by atoms with van der Waals surface area (Å²) in [7, 11) is 4.18. The number of benzene rings is 1. The van der Waals surface area contributed by atoms with E-state index in [1.807, 2.05) is 23.1 Å². The molecular formula is C15H21BrIN3O. The van der Waals surface area contributed by atoms with Crippen molar-refractivity contribution in [2.45, 2.75) is 0 Å². The lowest BCUT2D eigenvalue weighted by atomic mass is 10.2. The van der Waals surface area contributed by atoms with Crippen LogP contribution in [0.3, 0.4) is 0 Å². The molecule has 0 radical (unpaired) electrons. The fourth-order valence-electron chi connectivity index (χ4n) is 2.35. The number of halogens is 2. The molecule has 0 saturated carbocycles. The zero-order chi connectivity index (χ0) is 15.4. The number of carbonyl (C=O) groups excluding carboxylic acids is 1. The van der Waals surface area contributed by atoms with E-state index in [0.29, 0.717) is 0 Å². The minimum absolute atomic E-state index is 0.146.